The third-order valence-electron chi connectivity index (χ3n) is 13.0. The Hall–Kier alpha value is -8.21. The summed E-state index contributed by atoms with van der Waals surface area (Å²) >= 11 is 0. The smallest absolute Gasteiger partial charge is 0.164 e. The summed E-state index contributed by atoms with van der Waals surface area (Å²) in [5.41, 5.74) is 19.2. The number of furan rings is 1. The predicted octanol–water partition coefficient (Wildman–Crippen LogP) is 14.4. The van der Waals surface area contributed by atoms with Crippen LogP contribution in [0.1, 0.15) is 22.3 Å². The van der Waals surface area contributed by atoms with Gasteiger partial charge in [0.1, 0.15) is 11.2 Å². The van der Waals surface area contributed by atoms with Crippen molar-refractivity contribution in [2.24, 2.45) is 0 Å². The van der Waals surface area contributed by atoms with Crippen molar-refractivity contribution in [1.82, 2.24) is 15.0 Å². The Morgan fingerprint density at radius 1 is 0.306 bits per heavy atom. The van der Waals surface area contributed by atoms with Crippen molar-refractivity contribution in [3.05, 3.63) is 235 Å². The normalized spacial score (nSPS) is 13.0. The minimum Gasteiger partial charge on any atom is -0.456 e. The molecule has 2 aliphatic rings. The molecule has 0 fully saturated rings. The van der Waals surface area contributed by atoms with Gasteiger partial charge in [-0.15, -0.1) is 0 Å². The maximum atomic E-state index is 6.51. The van der Waals surface area contributed by atoms with E-state index < -0.39 is 5.41 Å². The summed E-state index contributed by atoms with van der Waals surface area (Å²) in [5.74, 6) is 1.85. The molecule has 2 aliphatic carbocycles. The van der Waals surface area contributed by atoms with Crippen LogP contribution in [0, 0.1) is 0 Å². The predicted molar refractivity (Wildman–Crippen MR) is 251 cm³/mol. The molecule has 0 amide bonds. The van der Waals surface area contributed by atoms with Crippen LogP contribution in [-0.2, 0) is 5.41 Å². The number of hydrogen-bond donors (Lipinski definition) is 0. The maximum Gasteiger partial charge on any atom is 0.164 e. The van der Waals surface area contributed by atoms with E-state index in [2.05, 4.69) is 140 Å². The highest BCUT2D eigenvalue weighted by Gasteiger charge is 2.52. The molecular formula is C58H35N3O. The Bertz CT molecular complexity index is 3450. The maximum absolute atomic E-state index is 6.51. The van der Waals surface area contributed by atoms with Crippen molar-refractivity contribution in [3.63, 3.8) is 0 Å². The van der Waals surface area contributed by atoms with Gasteiger partial charge in [-0.3, -0.25) is 0 Å². The fourth-order valence-electron chi connectivity index (χ4n) is 10.4. The van der Waals surface area contributed by atoms with E-state index in [1.54, 1.807) is 0 Å². The molecule has 13 rings (SSSR count). The molecule has 0 saturated carbocycles. The SMILES string of the molecule is c1ccc(-c2nc(-c3ccccc3)nc(-c3cccc4oc5ccc(-c6ccc(-c7cccc8c7C7(c9ccccc9-c9ccccc97)c7ccccc7-8)cc6)cc5c34)n2)cc1. The van der Waals surface area contributed by atoms with E-state index in [9.17, 15) is 0 Å². The lowest BCUT2D eigenvalue weighted by molar-refractivity contribution is 0.669. The molecule has 0 bridgehead atoms. The first-order valence-electron chi connectivity index (χ1n) is 21.1. The summed E-state index contributed by atoms with van der Waals surface area (Å²) in [6.45, 7) is 0. The fourth-order valence-corrected chi connectivity index (χ4v) is 10.4. The van der Waals surface area contributed by atoms with Crippen LogP contribution < -0.4 is 0 Å². The van der Waals surface area contributed by atoms with Gasteiger partial charge in [0.2, 0.25) is 0 Å². The lowest BCUT2D eigenvalue weighted by Gasteiger charge is -2.32. The molecule has 0 unspecified atom stereocenters. The van der Waals surface area contributed by atoms with Gasteiger partial charge in [0, 0.05) is 27.5 Å². The average molecular weight is 790 g/mol. The molecule has 0 atom stereocenters. The van der Waals surface area contributed by atoms with Crippen LogP contribution in [0.2, 0.25) is 0 Å². The summed E-state index contributed by atoms with van der Waals surface area (Å²) in [5, 5.41) is 1.99. The van der Waals surface area contributed by atoms with Crippen LogP contribution in [0.5, 0.6) is 0 Å². The van der Waals surface area contributed by atoms with Gasteiger partial charge in [-0.2, -0.15) is 0 Å². The van der Waals surface area contributed by atoms with E-state index in [0.717, 1.165) is 49.8 Å². The van der Waals surface area contributed by atoms with Crippen LogP contribution in [0.3, 0.4) is 0 Å². The lowest BCUT2D eigenvalue weighted by atomic mass is 9.68. The third kappa shape index (κ3) is 4.98. The summed E-state index contributed by atoms with van der Waals surface area (Å²) in [7, 11) is 0. The summed E-state index contributed by atoms with van der Waals surface area (Å²) < 4.78 is 6.51. The minimum absolute atomic E-state index is 0.415. The number of nitrogens with zero attached hydrogens (tertiary/aromatic N) is 3. The molecule has 2 aromatic heterocycles. The molecule has 4 nitrogen and oxygen atoms in total. The lowest BCUT2D eigenvalue weighted by Crippen LogP contribution is -2.26. The molecule has 11 aromatic rings. The molecule has 1 spiro atoms. The highest BCUT2D eigenvalue weighted by molar-refractivity contribution is 6.13. The Kier molecular flexibility index (Phi) is 7.49. The number of rotatable bonds is 5. The van der Waals surface area contributed by atoms with Crippen LogP contribution in [-0.4, -0.2) is 15.0 Å². The molecule has 2 heterocycles. The zero-order valence-electron chi connectivity index (χ0n) is 33.5. The minimum atomic E-state index is -0.415. The van der Waals surface area contributed by atoms with Crippen LogP contribution in [0.15, 0.2) is 217 Å². The highest BCUT2D eigenvalue weighted by Crippen LogP contribution is 2.64. The summed E-state index contributed by atoms with van der Waals surface area (Å²) in [6, 6.07) is 75.7. The van der Waals surface area contributed by atoms with Gasteiger partial charge in [0.15, 0.2) is 17.5 Å². The fraction of sp³-hybridized carbons (Fsp3) is 0.0172. The molecule has 0 aliphatic heterocycles. The first-order valence-corrected chi connectivity index (χ1v) is 21.1. The topological polar surface area (TPSA) is 51.8 Å². The van der Waals surface area contributed by atoms with Gasteiger partial charge in [-0.25, -0.2) is 15.0 Å². The standard InChI is InChI=1S/C58H35N3O/c1-3-15-38(16-4-1)55-59-56(39-17-5-2-6-18-39)61-57(60-55)46-24-14-28-52-53(46)47-35-40(33-34-51(47)62-52)36-29-31-37(32-30-36)41-22-13-23-45-44-21-9-12-27-50(44)58(54(41)45)48-25-10-7-19-42(48)43-20-8-11-26-49(43)58/h1-35H. The van der Waals surface area contributed by atoms with Crippen molar-refractivity contribution in [3.8, 4) is 78.7 Å². The number of benzene rings is 9. The molecule has 9 aromatic carbocycles. The number of fused-ring (bicyclic) bond motifs is 13. The van der Waals surface area contributed by atoms with Gasteiger partial charge < -0.3 is 4.42 Å². The Morgan fingerprint density at radius 2 is 0.774 bits per heavy atom. The van der Waals surface area contributed by atoms with Gasteiger partial charge in [-0.05, 0) is 85.0 Å². The molecule has 0 N–H and O–H groups in total. The highest BCUT2D eigenvalue weighted by atomic mass is 16.3. The van der Waals surface area contributed by atoms with Crippen LogP contribution >= 0.6 is 0 Å². The second-order valence-electron chi connectivity index (χ2n) is 16.2. The summed E-state index contributed by atoms with van der Waals surface area (Å²) in [4.78, 5) is 15.1. The van der Waals surface area contributed by atoms with E-state index in [1.165, 1.54) is 55.6 Å². The molecule has 4 heteroatoms. The zero-order valence-corrected chi connectivity index (χ0v) is 33.5. The van der Waals surface area contributed by atoms with Crippen LogP contribution in [0.4, 0.5) is 0 Å². The van der Waals surface area contributed by atoms with Crippen molar-refractivity contribution < 1.29 is 4.42 Å². The second kappa shape index (κ2) is 13.4. The quantitative estimate of drug-likeness (QED) is 0.174. The number of hydrogen-bond acceptors (Lipinski definition) is 4. The third-order valence-corrected chi connectivity index (χ3v) is 13.0. The largest absolute Gasteiger partial charge is 0.456 e. The Balaban J connectivity index is 0.943. The van der Waals surface area contributed by atoms with Gasteiger partial charge in [0.25, 0.3) is 0 Å². The van der Waals surface area contributed by atoms with E-state index in [0.29, 0.717) is 17.5 Å². The van der Waals surface area contributed by atoms with Gasteiger partial charge in [-0.1, -0.05) is 194 Å². The molecule has 288 valence electrons. The first-order chi connectivity index (χ1) is 30.7. The van der Waals surface area contributed by atoms with E-state index >= 15 is 0 Å². The van der Waals surface area contributed by atoms with E-state index in [-0.39, 0.29) is 0 Å². The van der Waals surface area contributed by atoms with Gasteiger partial charge in [0.05, 0.1) is 5.41 Å². The van der Waals surface area contributed by atoms with E-state index in [1.807, 2.05) is 72.8 Å². The summed E-state index contributed by atoms with van der Waals surface area (Å²) in [6.07, 6.45) is 0. The second-order valence-corrected chi connectivity index (χ2v) is 16.2. The van der Waals surface area contributed by atoms with Crippen molar-refractivity contribution in [1.29, 1.82) is 0 Å². The van der Waals surface area contributed by atoms with E-state index in [4.69, 9.17) is 19.4 Å². The van der Waals surface area contributed by atoms with Crippen molar-refractivity contribution >= 4 is 21.9 Å². The molecular weight excluding hydrogens is 755 g/mol. The molecule has 62 heavy (non-hydrogen) atoms. The van der Waals surface area contributed by atoms with Crippen LogP contribution in [0.25, 0.3) is 101 Å². The molecule has 0 saturated heterocycles. The molecule has 0 radical (unpaired) electrons. The zero-order chi connectivity index (χ0) is 40.8. The average Bonchev–Trinajstić information content (AvgIpc) is 3.98. The first kappa shape index (κ1) is 34.6. The van der Waals surface area contributed by atoms with Crippen molar-refractivity contribution in [2.45, 2.75) is 5.41 Å². The Labute approximate surface area is 358 Å². The van der Waals surface area contributed by atoms with Gasteiger partial charge >= 0.3 is 0 Å². The monoisotopic (exact) mass is 789 g/mol. The van der Waals surface area contributed by atoms with Crippen molar-refractivity contribution in [2.75, 3.05) is 0 Å². The Morgan fingerprint density at radius 3 is 1.40 bits per heavy atom. The number of aromatic nitrogens is 3.